The molecule has 2 rings (SSSR count). The molecule has 0 aromatic heterocycles. The fourth-order valence-electron chi connectivity index (χ4n) is 1.93. The van der Waals surface area contributed by atoms with Crippen molar-refractivity contribution in [1.82, 2.24) is 0 Å². The van der Waals surface area contributed by atoms with Gasteiger partial charge in [0, 0.05) is 5.56 Å². The molecule has 0 aliphatic heterocycles. The Kier molecular flexibility index (Phi) is 2.98. The molecule has 0 heterocycles. The third-order valence-corrected chi connectivity index (χ3v) is 2.79. The van der Waals surface area contributed by atoms with Crippen molar-refractivity contribution < 1.29 is 19.0 Å². The maximum atomic E-state index is 14.8. The van der Waals surface area contributed by atoms with Crippen LogP contribution in [0.3, 0.4) is 0 Å². The number of carbonyl (C=O) groups excluding carboxylic acids is 1. The maximum absolute atomic E-state index is 14.8. The zero-order valence-electron chi connectivity index (χ0n) is 9.39. The van der Waals surface area contributed by atoms with Crippen molar-refractivity contribution in [3.05, 3.63) is 41.5 Å². The van der Waals surface area contributed by atoms with Crippen LogP contribution in [0.4, 0.5) is 4.39 Å². The molecule has 0 spiro atoms. The van der Waals surface area contributed by atoms with Crippen LogP contribution in [0, 0.1) is 0 Å². The molecule has 3 nitrogen and oxygen atoms in total. The molecule has 1 aliphatic carbocycles. The van der Waals surface area contributed by atoms with Gasteiger partial charge in [0.2, 0.25) is 0 Å². The van der Waals surface area contributed by atoms with Crippen molar-refractivity contribution in [3.63, 3.8) is 0 Å². The number of benzene rings is 1. The normalized spacial score (nSPS) is 26.4. The molecule has 90 valence electrons. The van der Waals surface area contributed by atoms with Gasteiger partial charge in [0.1, 0.15) is 6.10 Å². The summed E-state index contributed by atoms with van der Waals surface area (Å²) in [6.07, 6.45) is 1.34. The Hall–Kier alpha value is -1.68. The summed E-state index contributed by atoms with van der Waals surface area (Å²) in [6, 6.07) is 6.54. The van der Waals surface area contributed by atoms with Gasteiger partial charge in [-0.15, -0.1) is 0 Å². The van der Waals surface area contributed by atoms with Crippen LogP contribution in [-0.4, -0.2) is 23.8 Å². The summed E-state index contributed by atoms with van der Waals surface area (Å²) in [5.74, 6) is -1.05. The Morgan fingerprint density at radius 2 is 2.24 bits per heavy atom. The number of ether oxygens (including phenoxy) is 1. The van der Waals surface area contributed by atoms with E-state index < -0.39 is 17.7 Å². The number of rotatable bonds is 2. The van der Waals surface area contributed by atoms with Crippen LogP contribution < -0.4 is 0 Å². The minimum Gasteiger partial charge on any atom is -0.463 e. The number of hydrogen-bond acceptors (Lipinski definition) is 3. The van der Waals surface area contributed by atoms with E-state index in [1.807, 2.05) is 0 Å². The Bertz CT molecular complexity index is 469. The first-order chi connectivity index (χ1) is 8.10. The van der Waals surface area contributed by atoms with E-state index in [9.17, 15) is 14.3 Å². The van der Waals surface area contributed by atoms with E-state index in [2.05, 4.69) is 0 Å². The standard InChI is InChI=1S/C13H13FO3/c1-2-17-12(16)13(14)10-6-4-3-5-9(10)7-8-11(13)15/h3-8,11,15H,2H2,1H3. The van der Waals surface area contributed by atoms with Crippen molar-refractivity contribution in [2.75, 3.05) is 6.61 Å². The number of halogens is 1. The third-order valence-electron chi connectivity index (χ3n) is 2.79. The number of carbonyl (C=O) groups is 1. The van der Waals surface area contributed by atoms with Gasteiger partial charge in [-0.3, -0.25) is 0 Å². The van der Waals surface area contributed by atoms with Crippen molar-refractivity contribution >= 4 is 12.0 Å². The van der Waals surface area contributed by atoms with Crippen LogP contribution in [0.15, 0.2) is 30.3 Å². The molecule has 17 heavy (non-hydrogen) atoms. The van der Waals surface area contributed by atoms with Gasteiger partial charge in [-0.25, -0.2) is 9.18 Å². The first kappa shape index (κ1) is 11.8. The van der Waals surface area contributed by atoms with Crippen LogP contribution in [0.25, 0.3) is 6.08 Å². The highest BCUT2D eigenvalue weighted by Crippen LogP contribution is 2.38. The van der Waals surface area contributed by atoms with E-state index in [-0.39, 0.29) is 12.2 Å². The molecule has 0 saturated carbocycles. The molecular formula is C13H13FO3. The summed E-state index contributed by atoms with van der Waals surface area (Å²) in [7, 11) is 0. The molecule has 1 aromatic carbocycles. The Balaban J connectivity index is 2.52. The second kappa shape index (κ2) is 4.30. The van der Waals surface area contributed by atoms with Gasteiger partial charge in [0.15, 0.2) is 0 Å². The number of fused-ring (bicyclic) bond motifs is 1. The number of hydrogen-bond donors (Lipinski definition) is 1. The lowest BCUT2D eigenvalue weighted by molar-refractivity contribution is -0.165. The third kappa shape index (κ3) is 1.74. The molecule has 1 N–H and O–H groups in total. The first-order valence-corrected chi connectivity index (χ1v) is 5.42. The molecule has 2 unspecified atom stereocenters. The van der Waals surface area contributed by atoms with Gasteiger partial charge >= 0.3 is 5.97 Å². The predicted molar refractivity (Wildman–Crippen MR) is 60.9 cm³/mol. The van der Waals surface area contributed by atoms with Crippen molar-refractivity contribution in [2.45, 2.75) is 18.7 Å². The van der Waals surface area contributed by atoms with E-state index in [1.54, 1.807) is 31.2 Å². The molecule has 4 heteroatoms. The zero-order valence-corrected chi connectivity index (χ0v) is 9.39. The van der Waals surface area contributed by atoms with E-state index in [4.69, 9.17) is 4.74 Å². The first-order valence-electron chi connectivity index (χ1n) is 5.42. The number of esters is 1. The fourth-order valence-corrected chi connectivity index (χ4v) is 1.93. The Morgan fingerprint density at radius 1 is 1.53 bits per heavy atom. The highest BCUT2D eigenvalue weighted by Gasteiger charge is 2.50. The molecule has 0 fully saturated rings. The van der Waals surface area contributed by atoms with Crippen LogP contribution in [-0.2, 0) is 15.2 Å². The molecule has 1 aromatic rings. The van der Waals surface area contributed by atoms with Crippen LogP contribution in [0.5, 0.6) is 0 Å². The van der Waals surface area contributed by atoms with Crippen molar-refractivity contribution in [2.24, 2.45) is 0 Å². The summed E-state index contributed by atoms with van der Waals surface area (Å²) in [6.45, 7) is 1.67. The van der Waals surface area contributed by atoms with Gasteiger partial charge in [-0.1, -0.05) is 36.4 Å². The van der Waals surface area contributed by atoms with Crippen molar-refractivity contribution in [1.29, 1.82) is 0 Å². The smallest absolute Gasteiger partial charge is 0.351 e. The second-order valence-corrected chi connectivity index (χ2v) is 3.82. The number of alkyl halides is 1. The van der Waals surface area contributed by atoms with Gasteiger partial charge < -0.3 is 9.84 Å². The van der Waals surface area contributed by atoms with Crippen molar-refractivity contribution in [3.8, 4) is 0 Å². The van der Waals surface area contributed by atoms with Crippen LogP contribution >= 0.6 is 0 Å². The minimum absolute atomic E-state index is 0.0725. The van der Waals surface area contributed by atoms with Gasteiger partial charge in [0.25, 0.3) is 5.67 Å². The minimum atomic E-state index is -2.51. The molecule has 0 bridgehead atoms. The lowest BCUT2D eigenvalue weighted by Crippen LogP contribution is -2.45. The average molecular weight is 236 g/mol. The molecule has 0 amide bonds. The Labute approximate surface area is 98.5 Å². The maximum Gasteiger partial charge on any atom is 0.351 e. The van der Waals surface area contributed by atoms with Gasteiger partial charge in [-0.05, 0) is 12.5 Å². The monoisotopic (exact) mass is 236 g/mol. The SMILES string of the molecule is CCOC(=O)C1(F)c2ccccc2C=CC1O. The van der Waals surface area contributed by atoms with E-state index >= 15 is 0 Å². The van der Waals surface area contributed by atoms with Gasteiger partial charge in [0.05, 0.1) is 6.61 Å². The second-order valence-electron chi connectivity index (χ2n) is 3.82. The highest BCUT2D eigenvalue weighted by atomic mass is 19.1. The lowest BCUT2D eigenvalue weighted by Gasteiger charge is -2.30. The summed E-state index contributed by atoms with van der Waals surface area (Å²) >= 11 is 0. The highest BCUT2D eigenvalue weighted by molar-refractivity contribution is 5.85. The summed E-state index contributed by atoms with van der Waals surface area (Å²) < 4.78 is 19.5. The fraction of sp³-hybridized carbons (Fsp3) is 0.308. The molecule has 1 aliphatic rings. The van der Waals surface area contributed by atoms with Crippen LogP contribution in [0.1, 0.15) is 18.1 Å². The molecular weight excluding hydrogens is 223 g/mol. The average Bonchev–Trinajstić information content (AvgIpc) is 2.34. The topological polar surface area (TPSA) is 46.5 Å². The summed E-state index contributed by atoms with van der Waals surface area (Å²) in [4.78, 5) is 11.7. The van der Waals surface area contributed by atoms with E-state index in [0.29, 0.717) is 5.56 Å². The number of aliphatic hydroxyl groups excluding tert-OH is 1. The lowest BCUT2D eigenvalue weighted by atomic mass is 9.82. The van der Waals surface area contributed by atoms with E-state index in [0.717, 1.165) is 0 Å². The van der Waals surface area contributed by atoms with Crippen LogP contribution in [0.2, 0.25) is 0 Å². The predicted octanol–water partition coefficient (Wildman–Crippen LogP) is 1.80. The quantitative estimate of drug-likeness (QED) is 0.796. The van der Waals surface area contributed by atoms with Gasteiger partial charge in [-0.2, -0.15) is 0 Å². The van der Waals surface area contributed by atoms with E-state index in [1.165, 1.54) is 12.1 Å². The zero-order chi connectivity index (χ0) is 12.5. The Morgan fingerprint density at radius 3 is 2.94 bits per heavy atom. The molecule has 0 saturated heterocycles. The largest absolute Gasteiger partial charge is 0.463 e. The summed E-state index contributed by atoms with van der Waals surface area (Å²) in [5, 5.41) is 9.71. The molecule has 2 atom stereocenters. The number of aliphatic hydroxyl groups is 1. The summed E-state index contributed by atoms with van der Waals surface area (Å²) in [5.41, 5.74) is -1.79. The molecule has 0 radical (unpaired) electrons.